The number of aryl methyl sites for hydroxylation is 2. The number of rotatable bonds is 3. The third-order valence-corrected chi connectivity index (χ3v) is 2.88. The lowest BCUT2D eigenvalue weighted by Crippen LogP contribution is -2.16. The first-order valence-electron chi connectivity index (χ1n) is 6.06. The minimum Gasteiger partial charge on any atom is -0.490 e. The first kappa shape index (κ1) is 13.9. The van der Waals surface area contributed by atoms with Gasteiger partial charge in [-0.15, -0.1) is 0 Å². The number of benzene rings is 1. The van der Waals surface area contributed by atoms with Crippen LogP contribution in [0.4, 0.5) is 5.69 Å². The quantitative estimate of drug-likeness (QED) is 0.933. The van der Waals surface area contributed by atoms with Crippen LogP contribution in [0.1, 0.15) is 21.7 Å². The second-order valence-corrected chi connectivity index (χ2v) is 4.45. The van der Waals surface area contributed by atoms with Crippen LogP contribution in [-0.4, -0.2) is 13.0 Å². The van der Waals surface area contributed by atoms with Crippen molar-refractivity contribution in [2.24, 2.45) is 0 Å². The molecule has 0 saturated heterocycles. The van der Waals surface area contributed by atoms with Gasteiger partial charge in [-0.25, -0.2) is 0 Å². The van der Waals surface area contributed by atoms with Gasteiger partial charge in [0.15, 0.2) is 5.76 Å². The van der Waals surface area contributed by atoms with Crippen LogP contribution < -0.4 is 15.5 Å². The van der Waals surface area contributed by atoms with E-state index in [1.54, 1.807) is 0 Å². The van der Waals surface area contributed by atoms with E-state index in [1.165, 1.54) is 7.11 Å². The van der Waals surface area contributed by atoms with E-state index in [4.69, 9.17) is 9.15 Å². The Kier molecular flexibility index (Phi) is 3.89. The van der Waals surface area contributed by atoms with Gasteiger partial charge in [-0.05, 0) is 31.0 Å². The van der Waals surface area contributed by atoms with Crippen LogP contribution in [0.25, 0.3) is 0 Å². The van der Waals surface area contributed by atoms with Gasteiger partial charge >= 0.3 is 0 Å². The summed E-state index contributed by atoms with van der Waals surface area (Å²) < 4.78 is 9.89. The molecule has 0 unspecified atom stereocenters. The fourth-order valence-corrected chi connectivity index (χ4v) is 1.72. The first-order chi connectivity index (χ1) is 9.51. The van der Waals surface area contributed by atoms with Crippen molar-refractivity contribution in [3.05, 3.63) is 57.6 Å². The number of ether oxygens (including phenoxy) is 1. The highest BCUT2D eigenvalue weighted by Gasteiger charge is 2.13. The summed E-state index contributed by atoms with van der Waals surface area (Å²) in [6.45, 7) is 3.82. The van der Waals surface area contributed by atoms with E-state index in [0.29, 0.717) is 5.69 Å². The van der Waals surface area contributed by atoms with Gasteiger partial charge in [-0.2, -0.15) is 0 Å². The van der Waals surface area contributed by atoms with Crippen molar-refractivity contribution in [2.75, 3.05) is 12.4 Å². The fraction of sp³-hybridized carbons (Fsp3) is 0.200. The second kappa shape index (κ2) is 5.61. The maximum atomic E-state index is 12.0. The summed E-state index contributed by atoms with van der Waals surface area (Å²) in [5.41, 5.74) is 2.25. The lowest BCUT2D eigenvalue weighted by atomic mass is 10.1. The number of hydrogen-bond donors (Lipinski definition) is 1. The maximum absolute atomic E-state index is 12.0. The fourth-order valence-electron chi connectivity index (χ4n) is 1.72. The van der Waals surface area contributed by atoms with Gasteiger partial charge in [-0.1, -0.05) is 12.1 Å². The predicted octanol–water partition coefficient (Wildman–Crippen LogP) is 2.52. The Bertz CT molecular complexity index is 703. The molecular formula is C15H15NO4. The molecule has 0 saturated carbocycles. The van der Waals surface area contributed by atoms with E-state index >= 15 is 0 Å². The molecule has 0 fully saturated rings. The molecule has 0 bridgehead atoms. The molecule has 0 aliphatic rings. The Morgan fingerprint density at radius 3 is 2.65 bits per heavy atom. The molecule has 0 aliphatic carbocycles. The summed E-state index contributed by atoms with van der Waals surface area (Å²) in [4.78, 5) is 23.6. The molecule has 2 rings (SSSR count). The predicted molar refractivity (Wildman–Crippen MR) is 75.4 cm³/mol. The molecule has 104 valence electrons. The average Bonchev–Trinajstić information content (AvgIpc) is 2.42. The molecule has 1 N–H and O–H groups in total. The number of methoxy groups -OCH3 is 1. The molecule has 2 aromatic rings. The normalized spacial score (nSPS) is 10.2. The average molecular weight is 273 g/mol. The number of hydrogen-bond acceptors (Lipinski definition) is 4. The molecule has 0 spiro atoms. The zero-order chi connectivity index (χ0) is 14.7. The molecular weight excluding hydrogens is 258 g/mol. The number of carbonyl (C=O) groups excluding carboxylic acids is 1. The van der Waals surface area contributed by atoms with Crippen LogP contribution in [0.15, 0.2) is 39.7 Å². The lowest BCUT2D eigenvalue weighted by Gasteiger charge is -2.08. The Morgan fingerprint density at radius 1 is 1.25 bits per heavy atom. The van der Waals surface area contributed by atoms with Crippen LogP contribution in [0.5, 0.6) is 5.75 Å². The number of nitrogens with one attached hydrogen (secondary N) is 1. The van der Waals surface area contributed by atoms with E-state index < -0.39 is 11.3 Å². The Hall–Kier alpha value is -2.56. The molecule has 1 aromatic heterocycles. The number of carbonyl (C=O) groups is 1. The first-order valence-corrected chi connectivity index (χ1v) is 6.06. The second-order valence-electron chi connectivity index (χ2n) is 4.45. The van der Waals surface area contributed by atoms with Crippen molar-refractivity contribution in [3.63, 3.8) is 0 Å². The number of anilines is 1. The zero-order valence-electron chi connectivity index (χ0n) is 11.5. The van der Waals surface area contributed by atoms with Gasteiger partial charge in [-0.3, -0.25) is 9.59 Å². The highest BCUT2D eigenvalue weighted by molar-refractivity contribution is 6.02. The summed E-state index contributed by atoms with van der Waals surface area (Å²) in [5, 5.41) is 2.72. The molecule has 5 heteroatoms. The van der Waals surface area contributed by atoms with Crippen LogP contribution in [0.3, 0.4) is 0 Å². The van der Waals surface area contributed by atoms with Crippen molar-refractivity contribution in [3.8, 4) is 5.75 Å². The molecule has 1 aromatic carbocycles. The Morgan fingerprint density at radius 2 is 2.00 bits per heavy atom. The summed E-state index contributed by atoms with van der Waals surface area (Å²) in [5.74, 6) is -0.469. The lowest BCUT2D eigenvalue weighted by molar-refractivity contribution is 0.0993. The Balaban J connectivity index is 2.26. The van der Waals surface area contributed by atoms with Crippen LogP contribution in [0, 0.1) is 13.8 Å². The van der Waals surface area contributed by atoms with Gasteiger partial charge in [0, 0.05) is 11.8 Å². The minimum absolute atomic E-state index is 0.0586. The smallest absolute Gasteiger partial charge is 0.291 e. The molecule has 1 amide bonds. The topological polar surface area (TPSA) is 68.5 Å². The van der Waals surface area contributed by atoms with E-state index in [9.17, 15) is 9.59 Å². The number of amides is 1. The van der Waals surface area contributed by atoms with Crippen molar-refractivity contribution < 1.29 is 13.9 Å². The van der Waals surface area contributed by atoms with Crippen molar-refractivity contribution in [2.45, 2.75) is 13.8 Å². The molecule has 5 nitrogen and oxygen atoms in total. The maximum Gasteiger partial charge on any atom is 0.291 e. The molecule has 0 radical (unpaired) electrons. The van der Waals surface area contributed by atoms with Crippen molar-refractivity contribution in [1.29, 1.82) is 0 Å². The van der Waals surface area contributed by atoms with E-state index in [0.717, 1.165) is 23.5 Å². The molecule has 0 aliphatic heterocycles. The van der Waals surface area contributed by atoms with Gasteiger partial charge in [0.25, 0.3) is 5.91 Å². The van der Waals surface area contributed by atoms with Crippen LogP contribution >= 0.6 is 0 Å². The monoisotopic (exact) mass is 273 g/mol. The molecule has 1 heterocycles. The third-order valence-electron chi connectivity index (χ3n) is 2.88. The minimum atomic E-state index is -0.474. The van der Waals surface area contributed by atoms with E-state index in [-0.39, 0.29) is 11.5 Å². The SMILES string of the molecule is COc1coc(C(=O)Nc2cc(C)ccc2C)cc1=O. The van der Waals surface area contributed by atoms with E-state index in [1.807, 2.05) is 32.0 Å². The van der Waals surface area contributed by atoms with Crippen molar-refractivity contribution in [1.82, 2.24) is 0 Å². The van der Waals surface area contributed by atoms with Crippen molar-refractivity contribution >= 4 is 11.6 Å². The summed E-state index contributed by atoms with van der Waals surface area (Å²) in [6, 6.07) is 6.84. The highest BCUT2D eigenvalue weighted by atomic mass is 16.5. The summed E-state index contributed by atoms with van der Waals surface area (Å²) in [7, 11) is 1.36. The summed E-state index contributed by atoms with van der Waals surface area (Å²) in [6.07, 6.45) is 1.13. The largest absolute Gasteiger partial charge is 0.490 e. The third kappa shape index (κ3) is 2.88. The van der Waals surface area contributed by atoms with E-state index in [2.05, 4.69) is 5.32 Å². The zero-order valence-corrected chi connectivity index (χ0v) is 11.5. The molecule has 0 atom stereocenters. The summed E-state index contributed by atoms with van der Waals surface area (Å²) >= 11 is 0. The van der Waals surface area contributed by atoms with Gasteiger partial charge in [0.1, 0.15) is 6.26 Å². The Labute approximate surface area is 116 Å². The van der Waals surface area contributed by atoms with Gasteiger partial charge in [0.2, 0.25) is 11.2 Å². The van der Waals surface area contributed by atoms with Gasteiger partial charge in [0.05, 0.1) is 7.11 Å². The highest BCUT2D eigenvalue weighted by Crippen LogP contribution is 2.17. The van der Waals surface area contributed by atoms with Crippen LogP contribution in [-0.2, 0) is 0 Å². The standard InChI is InChI=1S/C15H15NO4/c1-9-4-5-10(2)11(6-9)16-15(18)13-7-12(17)14(19-3)8-20-13/h4-8H,1-3H3,(H,16,18). The van der Waals surface area contributed by atoms with Gasteiger partial charge < -0.3 is 14.5 Å². The molecule has 20 heavy (non-hydrogen) atoms. The van der Waals surface area contributed by atoms with Crippen LogP contribution in [0.2, 0.25) is 0 Å².